The molecule has 0 aliphatic heterocycles. The molecule has 0 saturated carbocycles. The maximum Gasteiger partial charge on any atom is 0.220 e. The Kier molecular flexibility index (Phi) is 32.8. The van der Waals surface area contributed by atoms with Crippen LogP contribution in [-0.4, -0.2) is 59.4 Å². The first-order valence-electron chi connectivity index (χ1n) is 19.7. The highest BCUT2D eigenvalue weighted by molar-refractivity contribution is 5.77. The molecule has 8 heteroatoms. The number of carbonyl (C=O) groups excluding carboxylic acids is 2. The molecule has 0 aromatic carbocycles. The zero-order valence-electron chi connectivity index (χ0n) is 30.4. The van der Waals surface area contributed by atoms with Crippen LogP contribution in [0.4, 0.5) is 0 Å². The second-order valence-corrected chi connectivity index (χ2v) is 13.9. The summed E-state index contributed by atoms with van der Waals surface area (Å²) in [5, 5.41) is 26.2. The molecule has 0 bridgehead atoms. The number of aliphatic hydroxyl groups excluding tert-OH is 2. The number of nitrogens with two attached hydrogens (primary N) is 2. The molecule has 0 fully saturated rings. The SMILES string of the molecule is CCCCCC(N)C(O)CCCCCCCCCCC(=O)NCCNC(=O)CCCCCCCCCCC(O)C(N)CCCCC. The van der Waals surface area contributed by atoms with E-state index in [1.54, 1.807) is 0 Å². The van der Waals surface area contributed by atoms with E-state index < -0.39 is 0 Å². The quantitative estimate of drug-likeness (QED) is 0.0388. The summed E-state index contributed by atoms with van der Waals surface area (Å²) in [4.78, 5) is 24.1. The van der Waals surface area contributed by atoms with E-state index in [4.69, 9.17) is 11.5 Å². The molecule has 8 N–H and O–H groups in total. The number of hydrogen-bond donors (Lipinski definition) is 6. The fourth-order valence-electron chi connectivity index (χ4n) is 6.05. The van der Waals surface area contributed by atoms with Gasteiger partial charge in [-0.3, -0.25) is 9.59 Å². The monoisotopic (exact) mass is 655 g/mol. The Balaban J connectivity index is 3.44. The predicted octanol–water partition coefficient (Wildman–Crippen LogP) is 7.56. The lowest BCUT2D eigenvalue weighted by atomic mass is 9.99. The van der Waals surface area contributed by atoms with Crippen molar-refractivity contribution in [2.24, 2.45) is 11.5 Å². The molecule has 8 nitrogen and oxygen atoms in total. The van der Waals surface area contributed by atoms with Crippen LogP contribution in [-0.2, 0) is 9.59 Å². The van der Waals surface area contributed by atoms with Crippen molar-refractivity contribution in [3.05, 3.63) is 0 Å². The maximum absolute atomic E-state index is 12.1. The molecule has 274 valence electrons. The van der Waals surface area contributed by atoms with Gasteiger partial charge in [-0.15, -0.1) is 0 Å². The molecule has 0 spiro atoms. The minimum atomic E-state index is -0.357. The Hall–Kier alpha value is -1.22. The second-order valence-electron chi connectivity index (χ2n) is 13.9. The van der Waals surface area contributed by atoms with Gasteiger partial charge >= 0.3 is 0 Å². The molecular weight excluding hydrogens is 576 g/mol. The van der Waals surface area contributed by atoms with Crippen molar-refractivity contribution in [3.63, 3.8) is 0 Å². The third-order valence-electron chi connectivity index (χ3n) is 9.35. The van der Waals surface area contributed by atoms with Crippen LogP contribution in [0.25, 0.3) is 0 Å². The van der Waals surface area contributed by atoms with Crippen LogP contribution in [0.5, 0.6) is 0 Å². The number of nitrogens with one attached hydrogen (secondary N) is 2. The molecule has 46 heavy (non-hydrogen) atoms. The third-order valence-corrected chi connectivity index (χ3v) is 9.35. The standard InChI is InChI=1S/C38H78N4O4/c1-3-5-19-25-33(39)35(43)27-21-15-11-7-9-13-17-23-29-37(45)41-31-32-42-38(46)30-24-18-14-10-8-12-16-22-28-36(44)34(40)26-20-6-4-2/h33-36,43-44H,3-32,39-40H2,1-2H3,(H,41,45)(H,42,46). The lowest BCUT2D eigenvalue weighted by Crippen LogP contribution is -2.34. The van der Waals surface area contributed by atoms with E-state index in [-0.39, 0.29) is 36.1 Å². The molecule has 2 amide bonds. The van der Waals surface area contributed by atoms with Gasteiger partial charge in [0.1, 0.15) is 0 Å². The van der Waals surface area contributed by atoms with Crippen LogP contribution >= 0.6 is 0 Å². The minimum Gasteiger partial charge on any atom is -0.392 e. The van der Waals surface area contributed by atoms with Gasteiger partial charge in [-0.2, -0.15) is 0 Å². The molecule has 0 aromatic rings. The Labute approximate surface area is 284 Å². The van der Waals surface area contributed by atoms with Crippen molar-refractivity contribution in [2.45, 2.75) is 218 Å². The van der Waals surface area contributed by atoms with Crippen molar-refractivity contribution in [1.29, 1.82) is 0 Å². The van der Waals surface area contributed by atoms with Crippen molar-refractivity contribution in [3.8, 4) is 0 Å². The molecule has 4 atom stereocenters. The summed E-state index contributed by atoms with van der Waals surface area (Å²) < 4.78 is 0. The van der Waals surface area contributed by atoms with Gasteiger partial charge in [-0.1, -0.05) is 142 Å². The fraction of sp³-hybridized carbons (Fsp3) is 0.947. The van der Waals surface area contributed by atoms with E-state index >= 15 is 0 Å². The number of carbonyl (C=O) groups is 2. The summed E-state index contributed by atoms with van der Waals surface area (Å²) in [6, 6.07) is -0.143. The van der Waals surface area contributed by atoms with Gasteiger partial charge < -0.3 is 32.3 Å². The van der Waals surface area contributed by atoms with E-state index in [0.717, 1.165) is 103 Å². The van der Waals surface area contributed by atoms with Gasteiger partial charge in [0.15, 0.2) is 0 Å². The molecule has 0 aromatic heterocycles. The van der Waals surface area contributed by atoms with Gasteiger partial charge in [0.2, 0.25) is 11.8 Å². The number of aliphatic hydroxyl groups is 2. The van der Waals surface area contributed by atoms with Crippen LogP contribution in [0.15, 0.2) is 0 Å². The Morgan fingerprint density at radius 3 is 1.07 bits per heavy atom. The lowest BCUT2D eigenvalue weighted by molar-refractivity contribution is -0.123. The fourth-order valence-corrected chi connectivity index (χ4v) is 6.05. The summed E-state index contributed by atoms with van der Waals surface area (Å²) in [6.07, 6.45) is 28.8. The highest BCUT2D eigenvalue weighted by Gasteiger charge is 2.14. The Bertz CT molecular complexity index is 625. The normalized spacial score (nSPS) is 14.1. The van der Waals surface area contributed by atoms with E-state index in [1.807, 2.05) is 0 Å². The van der Waals surface area contributed by atoms with Gasteiger partial charge in [-0.05, 0) is 38.5 Å². The van der Waals surface area contributed by atoms with Crippen molar-refractivity contribution in [1.82, 2.24) is 10.6 Å². The first kappa shape index (κ1) is 44.8. The van der Waals surface area contributed by atoms with Crippen molar-refractivity contribution >= 4 is 11.8 Å². The molecule has 0 rings (SSSR count). The Morgan fingerprint density at radius 2 is 0.739 bits per heavy atom. The lowest BCUT2D eigenvalue weighted by Gasteiger charge is -2.18. The average molecular weight is 655 g/mol. The molecule has 0 aliphatic carbocycles. The van der Waals surface area contributed by atoms with Crippen LogP contribution in [0.3, 0.4) is 0 Å². The van der Waals surface area contributed by atoms with Crippen LogP contribution < -0.4 is 22.1 Å². The average Bonchev–Trinajstić information content (AvgIpc) is 3.04. The van der Waals surface area contributed by atoms with Crippen LogP contribution in [0.1, 0.15) is 194 Å². The van der Waals surface area contributed by atoms with E-state index in [0.29, 0.717) is 25.9 Å². The summed E-state index contributed by atoms with van der Waals surface area (Å²) in [7, 11) is 0. The van der Waals surface area contributed by atoms with Gasteiger partial charge in [0.05, 0.1) is 12.2 Å². The molecular formula is C38H78N4O4. The number of hydrogen-bond acceptors (Lipinski definition) is 6. The topological polar surface area (TPSA) is 151 Å². The zero-order valence-corrected chi connectivity index (χ0v) is 30.4. The Morgan fingerprint density at radius 1 is 0.457 bits per heavy atom. The summed E-state index contributed by atoms with van der Waals surface area (Å²) in [5.41, 5.74) is 12.2. The van der Waals surface area contributed by atoms with Crippen LogP contribution in [0.2, 0.25) is 0 Å². The van der Waals surface area contributed by atoms with E-state index in [9.17, 15) is 19.8 Å². The maximum atomic E-state index is 12.1. The number of unbranched alkanes of at least 4 members (excludes halogenated alkanes) is 18. The summed E-state index contributed by atoms with van der Waals surface area (Å²) in [6.45, 7) is 5.35. The molecule has 4 unspecified atom stereocenters. The largest absolute Gasteiger partial charge is 0.392 e. The highest BCUT2D eigenvalue weighted by Crippen LogP contribution is 2.15. The van der Waals surface area contributed by atoms with Gasteiger partial charge in [0, 0.05) is 38.0 Å². The minimum absolute atomic E-state index is 0.0714. The smallest absolute Gasteiger partial charge is 0.220 e. The van der Waals surface area contributed by atoms with Gasteiger partial charge in [-0.25, -0.2) is 0 Å². The summed E-state index contributed by atoms with van der Waals surface area (Å²) >= 11 is 0. The molecule has 0 radical (unpaired) electrons. The van der Waals surface area contributed by atoms with Crippen molar-refractivity contribution in [2.75, 3.05) is 13.1 Å². The molecule has 0 saturated heterocycles. The van der Waals surface area contributed by atoms with E-state index in [1.165, 1.54) is 64.2 Å². The van der Waals surface area contributed by atoms with Crippen LogP contribution in [0, 0.1) is 0 Å². The number of amides is 2. The van der Waals surface area contributed by atoms with E-state index in [2.05, 4.69) is 24.5 Å². The highest BCUT2D eigenvalue weighted by atomic mass is 16.3. The zero-order chi connectivity index (χ0) is 34.1. The first-order valence-corrected chi connectivity index (χ1v) is 19.7. The summed E-state index contributed by atoms with van der Waals surface area (Å²) in [5.74, 6) is 0.144. The molecule has 0 heterocycles. The predicted molar refractivity (Wildman–Crippen MR) is 195 cm³/mol. The van der Waals surface area contributed by atoms with Crippen molar-refractivity contribution < 1.29 is 19.8 Å². The second kappa shape index (κ2) is 33.7. The molecule has 0 aliphatic rings. The number of rotatable bonds is 35. The third kappa shape index (κ3) is 30.1. The first-order chi connectivity index (χ1) is 22.3. The van der Waals surface area contributed by atoms with Gasteiger partial charge in [0.25, 0.3) is 0 Å².